The smallest absolute Gasteiger partial charge is 0.306 e. The van der Waals surface area contributed by atoms with Crippen LogP contribution in [-0.4, -0.2) is 74.4 Å². The van der Waals surface area contributed by atoms with Crippen LogP contribution in [0.5, 0.6) is 5.75 Å². The summed E-state index contributed by atoms with van der Waals surface area (Å²) in [5.74, 6) is 0.475. The lowest BCUT2D eigenvalue weighted by Crippen LogP contribution is -2.41. The molecule has 1 amide bonds. The number of esters is 1. The maximum absolute atomic E-state index is 12.8. The van der Waals surface area contributed by atoms with Crippen LogP contribution >= 0.6 is 24.8 Å². The van der Waals surface area contributed by atoms with Crippen molar-refractivity contribution in [1.82, 2.24) is 9.91 Å². The summed E-state index contributed by atoms with van der Waals surface area (Å²) in [4.78, 5) is 26.9. The van der Waals surface area contributed by atoms with Gasteiger partial charge in [-0.15, -0.1) is 24.8 Å². The maximum Gasteiger partial charge on any atom is 0.306 e. The molecule has 196 valence electrons. The molecule has 1 atom stereocenters. The van der Waals surface area contributed by atoms with Gasteiger partial charge in [0.2, 0.25) is 0 Å². The molecule has 0 saturated carbocycles. The van der Waals surface area contributed by atoms with Crippen molar-refractivity contribution in [2.45, 2.75) is 19.8 Å². The number of carbonyl (C=O) groups excluding carboxylic acids is 2. The van der Waals surface area contributed by atoms with E-state index in [1.807, 2.05) is 36.5 Å². The van der Waals surface area contributed by atoms with Crippen molar-refractivity contribution in [3.8, 4) is 5.75 Å². The number of anilines is 1. The molecule has 0 spiro atoms. The van der Waals surface area contributed by atoms with E-state index in [1.165, 1.54) is 0 Å². The van der Waals surface area contributed by atoms with Crippen LogP contribution in [0.3, 0.4) is 0 Å². The highest BCUT2D eigenvalue weighted by Crippen LogP contribution is 2.31. The fourth-order valence-corrected chi connectivity index (χ4v) is 4.11. The van der Waals surface area contributed by atoms with Crippen molar-refractivity contribution < 1.29 is 19.1 Å². The largest absolute Gasteiger partial charge is 0.493 e. The minimum absolute atomic E-state index is 0. The lowest BCUT2D eigenvalue weighted by molar-refractivity contribution is -0.144. The SMILES string of the molecule is CCOC(=O)CC1COc2ccc(NC(=O)c3ccc(/C=N/N4CCN(C)CC4)cc3)cc2C1.Cl.Cl. The second-order valence-corrected chi connectivity index (χ2v) is 8.79. The summed E-state index contributed by atoms with van der Waals surface area (Å²) in [5.41, 5.74) is 3.21. The quantitative estimate of drug-likeness (QED) is 0.427. The van der Waals surface area contributed by atoms with E-state index in [4.69, 9.17) is 9.47 Å². The standard InChI is InChI=1S/C26H32N4O4.2ClH/c1-3-33-25(31)15-20-14-22-16-23(8-9-24(22)34-18-20)28-26(32)21-6-4-19(5-7-21)17-27-30-12-10-29(2)11-13-30;;/h4-9,16-17,20H,3,10-15,18H2,1-2H3,(H,28,32);2*1H/b27-17+;;. The van der Waals surface area contributed by atoms with Gasteiger partial charge in [0.05, 0.1) is 25.8 Å². The lowest BCUT2D eigenvalue weighted by atomic mass is 9.93. The minimum atomic E-state index is -0.207. The van der Waals surface area contributed by atoms with Gasteiger partial charge in [-0.1, -0.05) is 12.1 Å². The molecule has 2 aromatic rings. The second kappa shape index (κ2) is 14.1. The number of halogens is 2. The van der Waals surface area contributed by atoms with E-state index in [2.05, 4.69) is 27.4 Å². The van der Waals surface area contributed by atoms with Crippen LogP contribution in [-0.2, 0) is 16.0 Å². The number of nitrogens with zero attached hydrogens (tertiary/aromatic N) is 3. The number of fused-ring (bicyclic) bond motifs is 1. The molecule has 0 radical (unpaired) electrons. The third-order valence-corrected chi connectivity index (χ3v) is 6.08. The van der Waals surface area contributed by atoms with Crippen LogP contribution in [0.2, 0.25) is 0 Å². The number of nitrogens with one attached hydrogen (secondary N) is 1. The third-order valence-electron chi connectivity index (χ3n) is 6.08. The first-order valence-corrected chi connectivity index (χ1v) is 11.8. The number of carbonyl (C=O) groups is 2. The van der Waals surface area contributed by atoms with E-state index in [9.17, 15) is 9.59 Å². The first-order valence-electron chi connectivity index (χ1n) is 11.8. The fourth-order valence-electron chi connectivity index (χ4n) is 4.11. The summed E-state index contributed by atoms with van der Waals surface area (Å²) in [6, 6.07) is 13.0. The molecule has 2 aliphatic heterocycles. The molecule has 1 saturated heterocycles. The number of rotatable bonds is 7. The zero-order valence-corrected chi connectivity index (χ0v) is 22.3. The summed E-state index contributed by atoms with van der Waals surface area (Å²) >= 11 is 0. The van der Waals surface area contributed by atoms with Gasteiger partial charge in [0, 0.05) is 43.3 Å². The van der Waals surface area contributed by atoms with Crippen LogP contribution in [0.1, 0.15) is 34.8 Å². The first kappa shape index (κ1) is 29.4. The Balaban J connectivity index is 0.00000228. The molecular weight excluding hydrogens is 503 g/mol. The van der Waals surface area contributed by atoms with Gasteiger partial charge in [-0.3, -0.25) is 14.6 Å². The molecule has 2 heterocycles. The molecule has 4 rings (SSSR count). The summed E-state index contributed by atoms with van der Waals surface area (Å²) in [5, 5.41) is 9.57. The normalized spacial score (nSPS) is 17.3. The zero-order valence-electron chi connectivity index (χ0n) is 20.6. The number of hydrazone groups is 1. The number of benzene rings is 2. The van der Waals surface area contributed by atoms with E-state index >= 15 is 0 Å². The van der Waals surface area contributed by atoms with Crippen molar-refractivity contribution in [2.75, 3.05) is 51.8 Å². The van der Waals surface area contributed by atoms with Gasteiger partial charge in [-0.2, -0.15) is 5.10 Å². The van der Waals surface area contributed by atoms with Gasteiger partial charge in [0.25, 0.3) is 5.91 Å². The van der Waals surface area contributed by atoms with Crippen LogP contribution in [0.15, 0.2) is 47.6 Å². The predicted molar refractivity (Wildman–Crippen MR) is 146 cm³/mol. The van der Waals surface area contributed by atoms with Gasteiger partial charge < -0.3 is 19.7 Å². The number of likely N-dealkylation sites (N-methyl/N-ethyl adjacent to an activating group) is 1. The van der Waals surface area contributed by atoms with Crippen molar-refractivity contribution in [3.05, 3.63) is 59.2 Å². The molecule has 1 unspecified atom stereocenters. The molecule has 0 aliphatic carbocycles. The molecule has 1 N–H and O–H groups in total. The lowest BCUT2D eigenvalue weighted by Gasteiger charge is -2.30. The van der Waals surface area contributed by atoms with E-state index < -0.39 is 0 Å². The number of piperazine rings is 1. The van der Waals surface area contributed by atoms with Gasteiger partial charge in [0.15, 0.2) is 0 Å². The monoisotopic (exact) mass is 536 g/mol. The summed E-state index contributed by atoms with van der Waals surface area (Å²) in [6.45, 7) is 6.53. The first-order chi connectivity index (χ1) is 16.5. The maximum atomic E-state index is 12.8. The third kappa shape index (κ3) is 8.11. The van der Waals surface area contributed by atoms with Crippen molar-refractivity contribution in [1.29, 1.82) is 0 Å². The molecule has 0 aromatic heterocycles. The predicted octanol–water partition coefficient (Wildman–Crippen LogP) is 3.87. The van der Waals surface area contributed by atoms with Crippen molar-refractivity contribution in [3.63, 3.8) is 0 Å². The van der Waals surface area contributed by atoms with Gasteiger partial charge in [-0.25, -0.2) is 0 Å². The summed E-state index contributed by atoms with van der Waals surface area (Å²) in [6.07, 6.45) is 2.87. The average Bonchev–Trinajstić information content (AvgIpc) is 2.84. The fraction of sp³-hybridized carbons (Fsp3) is 0.423. The molecular formula is C26H34Cl2N4O4. The second-order valence-electron chi connectivity index (χ2n) is 8.79. The topological polar surface area (TPSA) is 83.5 Å². The Hall–Kier alpha value is -2.81. The molecule has 2 aromatic carbocycles. The Labute approximate surface area is 224 Å². The highest BCUT2D eigenvalue weighted by Gasteiger charge is 2.23. The Morgan fingerprint density at radius 2 is 1.83 bits per heavy atom. The number of hydrogen-bond donors (Lipinski definition) is 1. The Kier molecular flexibility index (Phi) is 11.5. The van der Waals surface area contributed by atoms with E-state index in [0.29, 0.717) is 37.3 Å². The molecule has 1 fully saturated rings. The molecule has 0 bridgehead atoms. The number of amides is 1. The summed E-state index contributed by atoms with van der Waals surface area (Å²) in [7, 11) is 2.12. The van der Waals surface area contributed by atoms with E-state index in [-0.39, 0.29) is 42.6 Å². The highest BCUT2D eigenvalue weighted by molar-refractivity contribution is 6.04. The number of ether oxygens (including phenoxy) is 2. The van der Waals surface area contributed by atoms with Crippen LogP contribution < -0.4 is 10.1 Å². The Morgan fingerprint density at radius 3 is 2.53 bits per heavy atom. The van der Waals surface area contributed by atoms with E-state index in [1.54, 1.807) is 19.1 Å². The molecule has 8 nitrogen and oxygen atoms in total. The van der Waals surface area contributed by atoms with Gasteiger partial charge >= 0.3 is 5.97 Å². The molecule has 2 aliphatic rings. The average molecular weight is 537 g/mol. The zero-order chi connectivity index (χ0) is 23.9. The van der Waals surface area contributed by atoms with Gasteiger partial charge in [0.1, 0.15) is 5.75 Å². The van der Waals surface area contributed by atoms with E-state index in [0.717, 1.165) is 43.1 Å². The van der Waals surface area contributed by atoms with Crippen molar-refractivity contribution >= 4 is 48.6 Å². The Morgan fingerprint density at radius 1 is 1.11 bits per heavy atom. The highest BCUT2D eigenvalue weighted by atomic mass is 35.5. The van der Waals surface area contributed by atoms with Crippen molar-refractivity contribution in [2.24, 2.45) is 11.0 Å². The van der Waals surface area contributed by atoms with Gasteiger partial charge in [-0.05, 0) is 61.9 Å². The van der Waals surface area contributed by atoms with Crippen LogP contribution in [0, 0.1) is 5.92 Å². The minimum Gasteiger partial charge on any atom is -0.493 e. The number of hydrogen-bond acceptors (Lipinski definition) is 7. The summed E-state index contributed by atoms with van der Waals surface area (Å²) < 4.78 is 10.9. The van der Waals surface area contributed by atoms with Crippen LogP contribution in [0.4, 0.5) is 5.69 Å². The molecule has 36 heavy (non-hydrogen) atoms. The molecule has 10 heteroatoms. The Bertz CT molecular complexity index is 1040. The van der Waals surface area contributed by atoms with Crippen LogP contribution in [0.25, 0.3) is 0 Å².